The molecule has 0 aromatic heterocycles. The molecule has 1 amide bonds. The highest BCUT2D eigenvalue weighted by Crippen LogP contribution is 2.42. The molecular formula is C20H31ClN2O3. The predicted molar refractivity (Wildman–Crippen MR) is 105 cm³/mol. The first-order chi connectivity index (χ1) is 12.1. The first kappa shape index (κ1) is 20.8. The van der Waals surface area contributed by atoms with Gasteiger partial charge in [-0.3, -0.25) is 4.79 Å². The number of nitrogens with two attached hydrogens (primary N) is 1. The van der Waals surface area contributed by atoms with Gasteiger partial charge in [-0.05, 0) is 49.7 Å². The lowest BCUT2D eigenvalue weighted by molar-refractivity contribution is -0.137. The average molecular weight is 383 g/mol. The highest BCUT2D eigenvalue weighted by atomic mass is 35.5. The Hall–Kier alpha value is -1.46. The third kappa shape index (κ3) is 4.63. The maximum absolute atomic E-state index is 12.8. The Morgan fingerprint density at radius 1 is 1.19 bits per heavy atom. The summed E-state index contributed by atoms with van der Waals surface area (Å²) in [4.78, 5) is 14.6. The van der Waals surface area contributed by atoms with Crippen LogP contribution in [0.4, 0.5) is 0 Å². The number of carbonyl (C=O) groups excluding carboxylic acids is 1. The van der Waals surface area contributed by atoms with Gasteiger partial charge < -0.3 is 20.1 Å². The molecule has 0 spiro atoms. The van der Waals surface area contributed by atoms with Crippen LogP contribution < -0.4 is 15.2 Å². The van der Waals surface area contributed by atoms with Crippen LogP contribution in [0.3, 0.4) is 0 Å². The van der Waals surface area contributed by atoms with Crippen LogP contribution in [-0.2, 0) is 4.79 Å². The van der Waals surface area contributed by atoms with Crippen LogP contribution in [0.15, 0.2) is 24.3 Å². The molecule has 2 bridgehead atoms. The van der Waals surface area contributed by atoms with Gasteiger partial charge in [-0.25, -0.2) is 0 Å². The second-order valence-electron chi connectivity index (χ2n) is 7.46. The number of rotatable bonds is 6. The number of benzene rings is 1. The van der Waals surface area contributed by atoms with Gasteiger partial charge in [0.1, 0.15) is 6.61 Å². The second-order valence-corrected chi connectivity index (χ2v) is 7.46. The molecule has 2 unspecified atom stereocenters. The largest absolute Gasteiger partial charge is 0.493 e. The van der Waals surface area contributed by atoms with E-state index in [1.165, 1.54) is 19.3 Å². The first-order valence-electron chi connectivity index (χ1n) is 9.36. The number of para-hydroxylation sites is 2. The van der Waals surface area contributed by atoms with E-state index in [-0.39, 0.29) is 24.2 Å². The summed E-state index contributed by atoms with van der Waals surface area (Å²) < 4.78 is 11.1. The van der Waals surface area contributed by atoms with Crippen LogP contribution in [0.5, 0.6) is 11.5 Å². The molecule has 5 nitrogen and oxygen atoms in total. The predicted octanol–water partition coefficient (Wildman–Crippen LogP) is 3.11. The minimum atomic E-state index is 0. The Morgan fingerprint density at radius 3 is 2.42 bits per heavy atom. The number of amides is 1. The van der Waals surface area contributed by atoms with Crippen LogP contribution in [0.2, 0.25) is 0 Å². The third-order valence-corrected chi connectivity index (χ3v) is 5.89. The van der Waals surface area contributed by atoms with Crippen molar-refractivity contribution in [2.75, 3.05) is 27.3 Å². The van der Waals surface area contributed by atoms with Gasteiger partial charge in [0.25, 0.3) is 0 Å². The van der Waals surface area contributed by atoms with Crippen LogP contribution in [0.1, 0.15) is 32.1 Å². The fourth-order valence-electron chi connectivity index (χ4n) is 4.44. The van der Waals surface area contributed by atoms with E-state index in [1.54, 1.807) is 7.11 Å². The van der Waals surface area contributed by atoms with E-state index in [0.717, 1.165) is 12.8 Å². The first-order valence-corrected chi connectivity index (χ1v) is 9.36. The van der Waals surface area contributed by atoms with Gasteiger partial charge in [0.2, 0.25) is 5.91 Å². The molecule has 0 saturated heterocycles. The molecular weight excluding hydrogens is 352 g/mol. The molecule has 2 aliphatic rings. The molecule has 1 aromatic carbocycles. The lowest BCUT2D eigenvalue weighted by Gasteiger charge is -2.44. The van der Waals surface area contributed by atoms with Crippen molar-refractivity contribution in [2.24, 2.45) is 23.5 Å². The molecule has 146 valence electrons. The molecule has 2 N–H and O–H groups in total. The van der Waals surface area contributed by atoms with Crippen molar-refractivity contribution in [1.82, 2.24) is 4.90 Å². The summed E-state index contributed by atoms with van der Waals surface area (Å²) >= 11 is 0. The minimum Gasteiger partial charge on any atom is -0.493 e. The molecule has 2 saturated carbocycles. The Bertz CT molecular complexity index is 584. The zero-order valence-corrected chi connectivity index (χ0v) is 16.5. The van der Waals surface area contributed by atoms with Crippen LogP contribution in [0, 0.1) is 17.8 Å². The molecule has 0 radical (unpaired) electrons. The Morgan fingerprint density at radius 2 is 1.81 bits per heavy atom. The van der Waals surface area contributed by atoms with Crippen molar-refractivity contribution in [1.29, 1.82) is 0 Å². The zero-order valence-electron chi connectivity index (χ0n) is 15.7. The number of fused-ring (bicyclic) bond motifs is 2. The van der Waals surface area contributed by atoms with E-state index < -0.39 is 0 Å². The molecule has 26 heavy (non-hydrogen) atoms. The lowest BCUT2D eigenvalue weighted by Crippen LogP contribution is -2.49. The summed E-state index contributed by atoms with van der Waals surface area (Å²) in [7, 11) is 3.50. The van der Waals surface area contributed by atoms with Gasteiger partial charge in [0.05, 0.1) is 13.7 Å². The van der Waals surface area contributed by atoms with Gasteiger partial charge in [-0.2, -0.15) is 0 Å². The number of hydrogen-bond acceptors (Lipinski definition) is 4. The van der Waals surface area contributed by atoms with E-state index in [2.05, 4.69) is 0 Å². The fraction of sp³-hybridized carbons (Fsp3) is 0.650. The highest BCUT2D eigenvalue weighted by molar-refractivity contribution is 5.85. The monoisotopic (exact) mass is 382 g/mol. The molecule has 3 rings (SSSR count). The van der Waals surface area contributed by atoms with E-state index in [1.807, 2.05) is 36.2 Å². The summed E-state index contributed by atoms with van der Waals surface area (Å²) in [6, 6.07) is 7.87. The number of carbonyl (C=O) groups is 1. The van der Waals surface area contributed by atoms with Crippen molar-refractivity contribution in [3.63, 3.8) is 0 Å². The topological polar surface area (TPSA) is 64.8 Å². The number of hydrogen-bond donors (Lipinski definition) is 1. The molecule has 1 aromatic rings. The minimum absolute atomic E-state index is 0. The maximum Gasteiger partial charge on any atom is 0.225 e. The normalized spacial score (nSPS) is 27.2. The zero-order chi connectivity index (χ0) is 17.8. The standard InChI is InChI=1S/C20H30N2O3.ClH/c1-22(10-11-25-18-9-4-3-8-17(18)24-2)20(23)16-12-14-6-5-7-15(13-16)19(14)21;/h3-4,8-9,14-16,19H,5-7,10-13,21H2,1-2H3;1H. The van der Waals surface area contributed by atoms with Gasteiger partial charge in [-0.15, -0.1) is 12.4 Å². The van der Waals surface area contributed by atoms with Crippen molar-refractivity contribution >= 4 is 18.3 Å². The highest BCUT2D eigenvalue weighted by Gasteiger charge is 2.41. The van der Waals surface area contributed by atoms with Crippen molar-refractivity contribution < 1.29 is 14.3 Å². The van der Waals surface area contributed by atoms with E-state index in [9.17, 15) is 4.79 Å². The number of nitrogens with zero attached hydrogens (tertiary/aromatic N) is 1. The van der Waals surface area contributed by atoms with E-state index in [4.69, 9.17) is 15.2 Å². The Labute approximate surface area is 162 Å². The molecule has 0 heterocycles. The third-order valence-electron chi connectivity index (χ3n) is 5.89. The molecule has 2 fully saturated rings. The van der Waals surface area contributed by atoms with E-state index >= 15 is 0 Å². The summed E-state index contributed by atoms with van der Waals surface area (Å²) in [6.45, 7) is 1.04. The Kier molecular flexibility index (Phi) is 7.59. The number of likely N-dealkylation sites (N-methyl/N-ethyl adjacent to an activating group) is 1. The molecule has 6 heteroatoms. The summed E-state index contributed by atoms with van der Waals surface area (Å²) in [5, 5.41) is 0. The molecule has 2 aliphatic carbocycles. The number of ether oxygens (including phenoxy) is 2. The van der Waals surface area contributed by atoms with Crippen molar-refractivity contribution in [2.45, 2.75) is 38.1 Å². The van der Waals surface area contributed by atoms with Crippen molar-refractivity contribution in [3.05, 3.63) is 24.3 Å². The van der Waals surface area contributed by atoms with Crippen molar-refractivity contribution in [3.8, 4) is 11.5 Å². The van der Waals surface area contributed by atoms with Gasteiger partial charge in [0.15, 0.2) is 11.5 Å². The quantitative estimate of drug-likeness (QED) is 0.821. The Balaban J connectivity index is 0.00000243. The summed E-state index contributed by atoms with van der Waals surface area (Å²) in [5.74, 6) is 2.85. The molecule has 2 atom stereocenters. The number of halogens is 1. The average Bonchev–Trinajstić information content (AvgIpc) is 2.61. The van der Waals surface area contributed by atoms with Gasteiger partial charge in [-0.1, -0.05) is 18.6 Å². The number of methoxy groups -OCH3 is 1. The summed E-state index contributed by atoms with van der Waals surface area (Å²) in [6.07, 6.45) is 5.54. The lowest BCUT2D eigenvalue weighted by atomic mass is 9.65. The van der Waals surface area contributed by atoms with Crippen LogP contribution in [0.25, 0.3) is 0 Å². The van der Waals surface area contributed by atoms with Gasteiger partial charge in [0, 0.05) is 19.0 Å². The van der Waals surface area contributed by atoms with E-state index in [0.29, 0.717) is 42.5 Å². The smallest absolute Gasteiger partial charge is 0.225 e. The maximum atomic E-state index is 12.8. The van der Waals surface area contributed by atoms with Gasteiger partial charge >= 0.3 is 0 Å². The van der Waals surface area contributed by atoms with Crippen LogP contribution >= 0.6 is 12.4 Å². The SMILES string of the molecule is COc1ccccc1OCCN(C)C(=O)C1CC2CCCC(C1)C2N.Cl. The molecule has 0 aliphatic heterocycles. The summed E-state index contributed by atoms with van der Waals surface area (Å²) in [5.41, 5.74) is 6.34. The fourth-order valence-corrected chi connectivity index (χ4v) is 4.44. The second kappa shape index (κ2) is 9.47. The van der Waals surface area contributed by atoms with Crippen LogP contribution in [-0.4, -0.2) is 44.2 Å².